The van der Waals surface area contributed by atoms with E-state index in [9.17, 15) is 5.11 Å². The zero-order valence-electron chi connectivity index (χ0n) is 15.8. The van der Waals surface area contributed by atoms with Crippen LogP contribution in [0.25, 0.3) is 0 Å². The van der Waals surface area contributed by atoms with Crippen LogP contribution in [-0.4, -0.2) is 47.2 Å². The molecule has 0 aliphatic rings. The van der Waals surface area contributed by atoms with Crippen molar-refractivity contribution in [2.24, 2.45) is 0 Å². The molecule has 0 aliphatic heterocycles. The van der Waals surface area contributed by atoms with Crippen LogP contribution in [0.2, 0.25) is 0 Å². The molecule has 1 unspecified atom stereocenters. The van der Waals surface area contributed by atoms with Crippen molar-refractivity contribution in [3.8, 4) is 5.88 Å². The number of aliphatic hydroxyl groups is 1. The molecule has 0 spiro atoms. The standard InChI is InChI=1S/C14H17N3O4.C4H9.Li/c1-19-7-8-20-10-21-12-4-6-16-14(17-12)13(18)11-3-2-5-15-9-11;1-3-4-2;/h2-6,9,13,18H,7-8,10H2,1H3;1,3-4H2,2H3;/q;-1;+1. The Morgan fingerprint density at radius 1 is 1.23 bits per heavy atom. The molecule has 1 atom stereocenters. The van der Waals surface area contributed by atoms with Crippen molar-refractivity contribution in [1.82, 2.24) is 15.0 Å². The van der Waals surface area contributed by atoms with E-state index in [0.29, 0.717) is 24.7 Å². The smallest absolute Gasteiger partial charge is 0.450 e. The van der Waals surface area contributed by atoms with Crippen LogP contribution in [-0.2, 0) is 9.47 Å². The molecule has 0 amide bonds. The molecule has 0 saturated carbocycles. The fraction of sp³-hybridized carbons (Fsp3) is 0.444. The van der Waals surface area contributed by atoms with E-state index in [1.807, 2.05) is 0 Å². The number of rotatable bonds is 9. The normalized spacial score (nSPS) is 10.9. The van der Waals surface area contributed by atoms with Gasteiger partial charge in [-0.15, -0.1) is 0 Å². The first kappa shape index (κ1) is 24.5. The summed E-state index contributed by atoms with van der Waals surface area (Å²) in [5.41, 5.74) is 0.617. The number of nitrogens with zero attached hydrogens (tertiary/aromatic N) is 3. The zero-order valence-corrected chi connectivity index (χ0v) is 15.8. The summed E-state index contributed by atoms with van der Waals surface area (Å²) in [6.45, 7) is 6.72. The third kappa shape index (κ3) is 9.85. The van der Waals surface area contributed by atoms with E-state index in [4.69, 9.17) is 14.2 Å². The van der Waals surface area contributed by atoms with Crippen LogP contribution in [0.15, 0.2) is 36.8 Å². The summed E-state index contributed by atoms with van der Waals surface area (Å²) in [5.74, 6) is 0.581. The Balaban J connectivity index is 0.00000113. The average molecular weight is 355 g/mol. The molecule has 1 N–H and O–H groups in total. The van der Waals surface area contributed by atoms with Crippen molar-refractivity contribution in [3.05, 3.63) is 55.1 Å². The van der Waals surface area contributed by atoms with Gasteiger partial charge in [0.15, 0.2) is 12.6 Å². The molecule has 0 aliphatic carbocycles. The molecule has 7 nitrogen and oxygen atoms in total. The Bertz CT molecular complexity index is 573. The first-order valence-electron chi connectivity index (χ1n) is 8.12. The molecule has 2 heterocycles. The summed E-state index contributed by atoms with van der Waals surface area (Å²) in [6.07, 6.45) is 6.05. The predicted molar refractivity (Wildman–Crippen MR) is 93.9 cm³/mol. The van der Waals surface area contributed by atoms with Crippen LogP contribution >= 0.6 is 0 Å². The second-order valence-corrected chi connectivity index (χ2v) is 4.96. The van der Waals surface area contributed by atoms with Crippen molar-refractivity contribution >= 4 is 0 Å². The molecule has 2 rings (SSSR count). The van der Waals surface area contributed by atoms with Crippen LogP contribution in [0.3, 0.4) is 0 Å². The van der Waals surface area contributed by atoms with Crippen LogP contribution in [0.1, 0.15) is 37.3 Å². The molecule has 2 aromatic heterocycles. The van der Waals surface area contributed by atoms with E-state index in [-0.39, 0.29) is 31.5 Å². The summed E-state index contributed by atoms with van der Waals surface area (Å²) in [5, 5.41) is 10.2. The first-order valence-corrected chi connectivity index (χ1v) is 8.12. The summed E-state index contributed by atoms with van der Waals surface area (Å²) < 4.78 is 15.4. The third-order valence-electron chi connectivity index (χ3n) is 2.97. The maximum Gasteiger partial charge on any atom is 1.00 e. The van der Waals surface area contributed by atoms with E-state index < -0.39 is 6.10 Å². The summed E-state index contributed by atoms with van der Waals surface area (Å²) in [6, 6.07) is 5.09. The fourth-order valence-corrected chi connectivity index (χ4v) is 1.56. The predicted octanol–water partition coefficient (Wildman–Crippen LogP) is -0.423. The second-order valence-electron chi connectivity index (χ2n) is 4.96. The van der Waals surface area contributed by atoms with Gasteiger partial charge in [-0.1, -0.05) is 19.4 Å². The average Bonchev–Trinajstić information content (AvgIpc) is 2.68. The Morgan fingerprint density at radius 3 is 2.62 bits per heavy atom. The van der Waals surface area contributed by atoms with Gasteiger partial charge in [-0.25, -0.2) is 4.98 Å². The largest absolute Gasteiger partial charge is 1.00 e. The minimum Gasteiger partial charge on any atom is -0.450 e. The molecular formula is C18H26LiN3O4. The summed E-state index contributed by atoms with van der Waals surface area (Å²) in [4.78, 5) is 12.1. The van der Waals surface area contributed by atoms with Gasteiger partial charge in [0.05, 0.1) is 13.2 Å². The topological polar surface area (TPSA) is 86.6 Å². The molecule has 2 aromatic rings. The SMILES string of the molecule is COCCOCOc1ccnc(C(O)c2cccnc2)n1.[CH2-]CCC.[Li+]. The molecule has 138 valence electrons. The van der Waals surface area contributed by atoms with Crippen LogP contribution in [0, 0.1) is 6.92 Å². The molecule has 0 aromatic carbocycles. The van der Waals surface area contributed by atoms with Crippen LogP contribution in [0.4, 0.5) is 0 Å². The van der Waals surface area contributed by atoms with Crippen molar-refractivity contribution in [1.29, 1.82) is 0 Å². The zero-order chi connectivity index (χ0) is 18.3. The maximum atomic E-state index is 10.2. The van der Waals surface area contributed by atoms with Gasteiger partial charge in [0.25, 0.3) is 0 Å². The van der Waals surface area contributed by atoms with E-state index >= 15 is 0 Å². The molecule has 0 saturated heterocycles. The summed E-state index contributed by atoms with van der Waals surface area (Å²) in [7, 11) is 1.60. The van der Waals surface area contributed by atoms with Gasteiger partial charge in [-0.3, -0.25) is 4.98 Å². The van der Waals surface area contributed by atoms with Crippen molar-refractivity contribution < 1.29 is 38.2 Å². The number of unbranched alkanes of at least 4 members (excludes halogenated alkanes) is 1. The monoisotopic (exact) mass is 355 g/mol. The summed E-state index contributed by atoms with van der Waals surface area (Å²) >= 11 is 0. The van der Waals surface area contributed by atoms with Gasteiger partial charge in [0.1, 0.15) is 6.10 Å². The van der Waals surface area contributed by atoms with Gasteiger partial charge in [0, 0.05) is 37.3 Å². The number of methoxy groups -OCH3 is 1. The quantitative estimate of drug-likeness (QED) is 0.283. The number of aromatic nitrogens is 3. The van der Waals surface area contributed by atoms with Gasteiger partial charge < -0.3 is 26.2 Å². The Hall–Kier alpha value is -1.49. The second kappa shape index (κ2) is 15.7. The van der Waals surface area contributed by atoms with Crippen molar-refractivity contribution in [2.75, 3.05) is 27.1 Å². The van der Waals surface area contributed by atoms with Crippen LogP contribution < -0.4 is 23.6 Å². The number of hydrogen-bond acceptors (Lipinski definition) is 7. The molecule has 0 fully saturated rings. The van der Waals surface area contributed by atoms with Gasteiger partial charge in [-0.2, -0.15) is 11.4 Å². The molecular weight excluding hydrogens is 329 g/mol. The van der Waals surface area contributed by atoms with E-state index in [1.165, 1.54) is 12.6 Å². The van der Waals surface area contributed by atoms with E-state index in [1.54, 1.807) is 37.7 Å². The first-order chi connectivity index (χ1) is 12.2. The van der Waals surface area contributed by atoms with Gasteiger partial charge in [-0.05, 0) is 6.07 Å². The maximum absolute atomic E-state index is 10.2. The molecule has 0 radical (unpaired) electrons. The third-order valence-corrected chi connectivity index (χ3v) is 2.97. The minimum absolute atomic E-state index is 0. The van der Waals surface area contributed by atoms with Gasteiger partial charge in [0.2, 0.25) is 5.88 Å². The van der Waals surface area contributed by atoms with Crippen LogP contribution in [0.5, 0.6) is 5.88 Å². The number of ether oxygens (including phenoxy) is 3. The van der Waals surface area contributed by atoms with Gasteiger partial charge >= 0.3 is 18.9 Å². The Morgan fingerprint density at radius 2 is 2.00 bits per heavy atom. The van der Waals surface area contributed by atoms with E-state index in [0.717, 1.165) is 6.42 Å². The number of hydrogen-bond donors (Lipinski definition) is 1. The number of aliphatic hydroxyl groups excluding tert-OH is 1. The van der Waals surface area contributed by atoms with E-state index in [2.05, 4.69) is 28.8 Å². The molecule has 26 heavy (non-hydrogen) atoms. The Labute approximate surface area is 167 Å². The molecule has 8 heteroatoms. The Kier molecular flexibility index (Phi) is 14.8. The molecule has 0 bridgehead atoms. The van der Waals surface area contributed by atoms with Crippen molar-refractivity contribution in [3.63, 3.8) is 0 Å². The van der Waals surface area contributed by atoms with Crippen molar-refractivity contribution in [2.45, 2.75) is 25.9 Å². The minimum atomic E-state index is -0.948. The fourth-order valence-electron chi connectivity index (χ4n) is 1.56. The number of pyridine rings is 1.